The SMILES string of the molecule is CC(C)c1cccc(C(C)C)c1-c1ccc2c3ccc(Oc4ccc5c6cccnc6n6ccnc6c5c4)cc3c3ncc(-c4c(C(C)C)cccc4C(C)C)n3c2n1. The zero-order chi connectivity index (χ0) is 40.7. The highest BCUT2D eigenvalue weighted by Crippen LogP contribution is 2.42. The molecule has 0 spiro atoms. The number of nitrogens with zero attached hydrogens (tertiary/aromatic N) is 6. The van der Waals surface area contributed by atoms with Gasteiger partial charge in [0.15, 0.2) is 0 Å². The maximum atomic E-state index is 6.73. The Morgan fingerprint density at radius 2 is 0.983 bits per heavy atom. The second kappa shape index (κ2) is 14.0. The van der Waals surface area contributed by atoms with Crippen LogP contribution in [0, 0.1) is 0 Å². The fourth-order valence-corrected chi connectivity index (χ4v) is 9.22. The minimum Gasteiger partial charge on any atom is -0.457 e. The molecule has 0 amide bonds. The monoisotopic (exact) mass is 772 g/mol. The summed E-state index contributed by atoms with van der Waals surface area (Å²) in [6, 6.07) is 34.6. The quantitative estimate of drug-likeness (QED) is 0.144. The molecule has 10 aromatic rings. The lowest BCUT2D eigenvalue weighted by atomic mass is 9.86. The summed E-state index contributed by atoms with van der Waals surface area (Å²) in [5.41, 5.74) is 13.2. The van der Waals surface area contributed by atoms with Crippen LogP contribution in [0.2, 0.25) is 0 Å². The van der Waals surface area contributed by atoms with Crippen LogP contribution in [0.3, 0.4) is 0 Å². The number of ether oxygens (including phenoxy) is 1. The number of imidazole rings is 2. The highest BCUT2D eigenvalue weighted by Gasteiger charge is 2.24. The molecule has 0 atom stereocenters. The predicted molar refractivity (Wildman–Crippen MR) is 243 cm³/mol. The van der Waals surface area contributed by atoms with E-state index in [1.807, 2.05) is 35.1 Å². The molecule has 0 saturated heterocycles. The summed E-state index contributed by atoms with van der Waals surface area (Å²) in [6.07, 6.45) is 7.66. The molecule has 0 fully saturated rings. The Morgan fingerprint density at radius 1 is 0.458 bits per heavy atom. The average Bonchev–Trinajstić information content (AvgIpc) is 3.92. The zero-order valence-corrected chi connectivity index (χ0v) is 34.9. The van der Waals surface area contributed by atoms with E-state index in [2.05, 4.69) is 156 Å². The molecule has 0 aliphatic carbocycles. The highest BCUT2D eigenvalue weighted by atomic mass is 16.5. The highest BCUT2D eigenvalue weighted by molar-refractivity contribution is 6.13. The van der Waals surface area contributed by atoms with Gasteiger partial charge in [-0.05, 0) is 117 Å². The van der Waals surface area contributed by atoms with Crippen LogP contribution in [-0.2, 0) is 0 Å². The van der Waals surface area contributed by atoms with E-state index in [0.717, 1.165) is 77.8 Å². The fraction of sp³-hybridized carbons (Fsp3) is 0.231. The van der Waals surface area contributed by atoms with Crippen molar-refractivity contribution < 1.29 is 4.74 Å². The van der Waals surface area contributed by atoms with E-state index in [1.165, 1.54) is 33.4 Å². The van der Waals surface area contributed by atoms with Gasteiger partial charge in [-0.25, -0.2) is 19.9 Å². The van der Waals surface area contributed by atoms with Gasteiger partial charge in [0.25, 0.3) is 0 Å². The standard InChI is InChI=1S/C52H48N6O/c1-29(2)35-12-9-13-36(30(3)4)47(35)45-22-21-42-40-20-18-34(59-33-17-19-39-41-16-11-23-53-49(41)57-25-24-54-50(57)43(39)26-33)27-44(40)51-55-28-46(58(51)52(42)56-45)48-37(31(5)6)14-10-15-38(48)32(7)8/h9-32H,1-8H3. The molecule has 7 nitrogen and oxygen atoms in total. The summed E-state index contributed by atoms with van der Waals surface area (Å²) in [5, 5.41) is 6.31. The van der Waals surface area contributed by atoms with Crippen molar-refractivity contribution in [2.24, 2.45) is 0 Å². The zero-order valence-electron chi connectivity index (χ0n) is 34.9. The summed E-state index contributed by atoms with van der Waals surface area (Å²) in [6.45, 7) is 18.2. The second-order valence-corrected chi connectivity index (χ2v) is 17.1. The van der Waals surface area contributed by atoms with Gasteiger partial charge in [-0.15, -0.1) is 0 Å². The molecule has 59 heavy (non-hydrogen) atoms. The Labute approximate surface area is 344 Å². The lowest BCUT2D eigenvalue weighted by molar-refractivity contribution is 0.484. The normalized spacial score (nSPS) is 12.3. The number of hydrogen-bond donors (Lipinski definition) is 0. The number of aromatic nitrogens is 6. The number of hydrogen-bond acceptors (Lipinski definition) is 5. The van der Waals surface area contributed by atoms with Crippen LogP contribution >= 0.6 is 0 Å². The van der Waals surface area contributed by atoms with Crippen molar-refractivity contribution in [1.29, 1.82) is 0 Å². The van der Waals surface area contributed by atoms with E-state index in [1.54, 1.807) is 0 Å². The van der Waals surface area contributed by atoms with E-state index in [-0.39, 0.29) is 0 Å². The van der Waals surface area contributed by atoms with Crippen molar-refractivity contribution in [2.45, 2.75) is 79.1 Å². The fourth-order valence-electron chi connectivity index (χ4n) is 9.22. The first-order valence-corrected chi connectivity index (χ1v) is 20.9. The molecular formula is C52H48N6O. The van der Waals surface area contributed by atoms with Crippen molar-refractivity contribution in [3.8, 4) is 34.0 Å². The van der Waals surface area contributed by atoms with Crippen molar-refractivity contribution in [3.05, 3.63) is 144 Å². The molecule has 0 unspecified atom stereocenters. The molecule has 6 aromatic heterocycles. The van der Waals surface area contributed by atoms with Crippen LogP contribution < -0.4 is 4.74 Å². The number of benzene rings is 4. The van der Waals surface area contributed by atoms with Gasteiger partial charge < -0.3 is 4.74 Å². The van der Waals surface area contributed by atoms with Crippen LogP contribution in [0.25, 0.3) is 77.4 Å². The van der Waals surface area contributed by atoms with E-state index in [9.17, 15) is 0 Å². The molecule has 0 N–H and O–H groups in total. The lowest BCUT2D eigenvalue weighted by Gasteiger charge is -2.21. The van der Waals surface area contributed by atoms with Crippen LogP contribution in [0.5, 0.6) is 11.5 Å². The molecular weight excluding hydrogens is 725 g/mol. The first-order chi connectivity index (χ1) is 28.6. The minimum atomic E-state index is 0.315. The van der Waals surface area contributed by atoms with E-state index in [4.69, 9.17) is 19.7 Å². The number of rotatable bonds is 8. The van der Waals surface area contributed by atoms with Gasteiger partial charge in [0.05, 0.1) is 17.6 Å². The molecule has 0 aliphatic rings. The smallest absolute Gasteiger partial charge is 0.147 e. The van der Waals surface area contributed by atoms with Gasteiger partial charge in [-0.1, -0.05) is 91.8 Å². The summed E-state index contributed by atoms with van der Waals surface area (Å²) in [4.78, 5) is 20.3. The Morgan fingerprint density at radius 3 is 1.59 bits per heavy atom. The topological polar surface area (TPSA) is 69.6 Å². The van der Waals surface area contributed by atoms with Gasteiger partial charge in [-0.2, -0.15) is 0 Å². The summed E-state index contributed by atoms with van der Waals surface area (Å²) < 4.78 is 11.1. The average molecular weight is 773 g/mol. The van der Waals surface area contributed by atoms with Crippen LogP contribution in [-0.4, -0.2) is 28.7 Å². The van der Waals surface area contributed by atoms with Crippen molar-refractivity contribution in [3.63, 3.8) is 0 Å². The number of fused-ring (bicyclic) bond motifs is 12. The largest absolute Gasteiger partial charge is 0.457 e. The maximum Gasteiger partial charge on any atom is 0.147 e. The molecule has 7 heteroatoms. The molecule has 10 rings (SSSR count). The Balaban J connectivity index is 1.22. The Hall–Kier alpha value is -6.60. The molecule has 0 saturated carbocycles. The Bertz CT molecular complexity index is 3220. The second-order valence-electron chi connectivity index (χ2n) is 17.1. The third-order valence-corrected chi connectivity index (χ3v) is 12.0. The predicted octanol–water partition coefficient (Wildman–Crippen LogP) is 14.0. The van der Waals surface area contributed by atoms with Gasteiger partial charge in [0.2, 0.25) is 0 Å². The van der Waals surface area contributed by atoms with Crippen LogP contribution in [0.4, 0.5) is 0 Å². The van der Waals surface area contributed by atoms with E-state index < -0.39 is 0 Å². The number of pyridine rings is 4. The summed E-state index contributed by atoms with van der Waals surface area (Å²) in [5.74, 6) is 2.78. The first kappa shape index (κ1) is 36.7. The molecule has 6 heterocycles. The van der Waals surface area contributed by atoms with Crippen LogP contribution in [0.15, 0.2) is 122 Å². The molecule has 0 radical (unpaired) electrons. The summed E-state index contributed by atoms with van der Waals surface area (Å²) >= 11 is 0. The molecule has 0 aliphatic heterocycles. The van der Waals surface area contributed by atoms with Crippen molar-refractivity contribution >= 4 is 54.9 Å². The molecule has 0 bridgehead atoms. The van der Waals surface area contributed by atoms with Gasteiger partial charge >= 0.3 is 0 Å². The van der Waals surface area contributed by atoms with Gasteiger partial charge in [0, 0.05) is 51.3 Å². The maximum absolute atomic E-state index is 6.73. The lowest BCUT2D eigenvalue weighted by Crippen LogP contribution is -2.05. The third kappa shape index (κ3) is 5.85. The van der Waals surface area contributed by atoms with Crippen molar-refractivity contribution in [1.82, 2.24) is 28.7 Å². The molecule has 4 aromatic carbocycles. The first-order valence-electron chi connectivity index (χ1n) is 20.9. The van der Waals surface area contributed by atoms with E-state index >= 15 is 0 Å². The summed E-state index contributed by atoms with van der Waals surface area (Å²) in [7, 11) is 0. The molecule has 292 valence electrons. The Kier molecular flexibility index (Phi) is 8.74. The van der Waals surface area contributed by atoms with Crippen molar-refractivity contribution in [2.75, 3.05) is 0 Å². The third-order valence-electron chi connectivity index (χ3n) is 12.0. The van der Waals surface area contributed by atoms with Crippen LogP contribution in [0.1, 0.15) is 101 Å². The minimum absolute atomic E-state index is 0.315. The van der Waals surface area contributed by atoms with E-state index in [0.29, 0.717) is 23.7 Å². The van der Waals surface area contributed by atoms with Gasteiger partial charge in [-0.3, -0.25) is 8.80 Å². The van der Waals surface area contributed by atoms with Gasteiger partial charge in [0.1, 0.15) is 34.1 Å².